The zero-order valence-corrected chi connectivity index (χ0v) is 8.85. The fourth-order valence-electron chi connectivity index (χ4n) is 1.28. The van der Waals surface area contributed by atoms with Crippen LogP contribution in [0.5, 0.6) is 5.75 Å². The molecule has 0 saturated heterocycles. The van der Waals surface area contributed by atoms with Gasteiger partial charge in [-0.15, -0.1) is 0 Å². The molecule has 0 aromatic heterocycles. The van der Waals surface area contributed by atoms with E-state index in [4.69, 9.17) is 16.7 Å². The maximum absolute atomic E-state index is 11.8. The molecule has 0 bridgehead atoms. The molecule has 2 rings (SSSR count). The molecule has 0 heterocycles. The number of rotatable bonds is 2. The third-order valence-electron chi connectivity index (χ3n) is 2.19. The Bertz CT molecular complexity index is 463. The van der Waals surface area contributed by atoms with Crippen LogP contribution in [0.2, 0.25) is 5.02 Å². The van der Waals surface area contributed by atoms with Gasteiger partial charge in [-0.3, -0.25) is 0 Å². The SMILES string of the molecule is O=S(=O)(c1ccc(O)cc1Cl)C1CC1. The highest BCUT2D eigenvalue weighted by atomic mass is 35.5. The lowest BCUT2D eigenvalue weighted by molar-refractivity contribution is 0.475. The molecular weight excluding hydrogens is 224 g/mol. The van der Waals surface area contributed by atoms with Gasteiger partial charge in [0, 0.05) is 0 Å². The van der Waals surface area contributed by atoms with E-state index in [2.05, 4.69) is 0 Å². The molecule has 76 valence electrons. The molecule has 1 aromatic carbocycles. The van der Waals surface area contributed by atoms with Crippen LogP contribution < -0.4 is 0 Å². The Morgan fingerprint density at radius 2 is 2.00 bits per heavy atom. The number of phenolic OH excluding ortho intramolecular Hbond substituents is 1. The molecule has 0 radical (unpaired) electrons. The molecule has 1 N–H and O–H groups in total. The van der Waals surface area contributed by atoms with Crippen molar-refractivity contribution < 1.29 is 13.5 Å². The second kappa shape index (κ2) is 3.14. The topological polar surface area (TPSA) is 54.4 Å². The van der Waals surface area contributed by atoms with Crippen LogP contribution in [-0.4, -0.2) is 18.8 Å². The quantitative estimate of drug-likeness (QED) is 0.849. The van der Waals surface area contributed by atoms with Gasteiger partial charge in [0.2, 0.25) is 0 Å². The number of hydrogen-bond donors (Lipinski definition) is 1. The number of phenols is 1. The van der Waals surface area contributed by atoms with Crippen LogP contribution in [0.1, 0.15) is 12.8 Å². The molecular formula is C9H9ClO3S. The number of sulfone groups is 1. The lowest BCUT2D eigenvalue weighted by Crippen LogP contribution is -2.07. The van der Waals surface area contributed by atoms with Crippen molar-refractivity contribution in [3.05, 3.63) is 23.2 Å². The fourth-order valence-corrected chi connectivity index (χ4v) is 3.48. The van der Waals surface area contributed by atoms with E-state index in [1.54, 1.807) is 0 Å². The smallest absolute Gasteiger partial charge is 0.182 e. The molecule has 0 amide bonds. The van der Waals surface area contributed by atoms with Crippen LogP contribution in [0.3, 0.4) is 0 Å². The van der Waals surface area contributed by atoms with Gasteiger partial charge >= 0.3 is 0 Å². The molecule has 5 heteroatoms. The van der Waals surface area contributed by atoms with Crippen molar-refractivity contribution in [3.63, 3.8) is 0 Å². The van der Waals surface area contributed by atoms with Gasteiger partial charge < -0.3 is 5.11 Å². The van der Waals surface area contributed by atoms with Gasteiger partial charge in [-0.2, -0.15) is 0 Å². The van der Waals surface area contributed by atoms with Crippen molar-refractivity contribution in [2.24, 2.45) is 0 Å². The number of hydrogen-bond acceptors (Lipinski definition) is 3. The Labute approximate surface area is 87.2 Å². The van der Waals surface area contributed by atoms with Gasteiger partial charge in [0.05, 0.1) is 15.2 Å². The molecule has 0 aliphatic heterocycles. The lowest BCUT2D eigenvalue weighted by Gasteiger charge is -2.04. The summed E-state index contributed by atoms with van der Waals surface area (Å²) < 4.78 is 23.5. The van der Waals surface area contributed by atoms with E-state index in [9.17, 15) is 8.42 Å². The summed E-state index contributed by atoms with van der Waals surface area (Å²) in [5, 5.41) is 8.90. The highest BCUT2D eigenvalue weighted by Crippen LogP contribution is 2.37. The van der Waals surface area contributed by atoms with Crippen LogP contribution in [0, 0.1) is 0 Å². The Morgan fingerprint density at radius 3 is 2.50 bits per heavy atom. The van der Waals surface area contributed by atoms with Crippen LogP contribution in [0.25, 0.3) is 0 Å². The molecule has 1 aliphatic rings. The minimum atomic E-state index is -3.26. The lowest BCUT2D eigenvalue weighted by atomic mass is 10.3. The third kappa shape index (κ3) is 1.60. The van der Waals surface area contributed by atoms with E-state index in [0.29, 0.717) is 12.8 Å². The first-order chi connectivity index (χ1) is 6.51. The van der Waals surface area contributed by atoms with Gasteiger partial charge in [-0.25, -0.2) is 8.42 Å². The highest BCUT2D eigenvalue weighted by Gasteiger charge is 2.37. The molecule has 1 saturated carbocycles. The van der Waals surface area contributed by atoms with Crippen LogP contribution in [0.4, 0.5) is 0 Å². The van der Waals surface area contributed by atoms with Crippen LogP contribution in [0.15, 0.2) is 23.1 Å². The average Bonchev–Trinajstić information content (AvgIpc) is 2.84. The molecule has 14 heavy (non-hydrogen) atoms. The van der Waals surface area contributed by atoms with E-state index in [1.807, 2.05) is 0 Å². The summed E-state index contributed by atoms with van der Waals surface area (Å²) >= 11 is 5.75. The summed E-state index contributed by atoms with van der Waals surface area (Å²) in [5.74, 6) is -0.0234. The minimum absolute atomic E-state index is 0.0234. The molecule has 1 aliphatic carbocycles. The third-order valence-corrected chi connectivity index (χ3v) is 4.93. The zero-order chi connectivity index (χ0) is 10.3. The van der Waals surface area contributed by atoms with E-state index in [-0.39, 0.29) is 20.9 Å². The summed E-state index contributed by atoms with van der Waals surface area (Å²) in [6, 6.07) is 3.93. The van der Waals surface area contributed by atoms with Crippen LogP contribution >= 0.6 is 11.6 Å². The fraction of sp³-hybridized carbons (Fsp3) is 0.333. The Morgan fingerprint density at radius 1 is 1.36 bits per heavy atom. The Kier molecular flexibility index (Phi) is 2.20. The van der Waals surface area contributed by atoms with Gasteiger partial charge in [-0.1, -0.05) is 11.6 Å². The van der Waals surface area contributed by atoms with Crippen molar-refractivity contribution in [2.75, 3.05) is 0 Å². The summed E-state index contributed by atoms with van der Waals surface area (Å²) in [4.78, 5) is 0.125. The molecule has 0 unspecified atom stereocenters. The van der Waals surface area contributed by atoms with E-state index < -0.39 is 9.84 Å². The monoisotopic (exact) mass is 232 g/mol. The van der Waals surface area contributed by atoms with Crippen molar-refractivity contribution in [1.82, 2.24) is 0 Å². The van der Waals surface area contributed by atoms with Crippen molar-refractivity contribution in [1.29, 1.82) is 0 Å². The van der Waals surface area contributed by atoms with Crippen molar-refractivity contribution in [2.45, 2.75) is 23.0 Å². The van der Waals surface area contributed by atoms with E-state index >= 15 is 0 Å². The maximum Gasteiger partial charge on any atom is 0.182 e. The van der Waals surface area contributed by atoms with Crippen molar-refractivity contribution >= 4 is 21.4 Å². The van der Waals surface area contributed by atoms with Gasteiger partial charge in [0.15, 0.2) is 9.84 Å². The summed E-state index contributed by atoms with van der Waals surface area (Å²) in [6.45, 7) is 0. The van der Waals surface area contributed by atoms with Gasteiger partial charge in [0.25, 0.3) is 0 Å². The Balaban J connectivity index is 2.51. The standard InChI is InChI=1S/C9H9ClO3S/c10-8-5-6(11)1-4-9(8)14(12,13)7-2-3-7/h1,4-5,7,11H,2-3H2. The molecule has 1 fully saturated rings. The highest BCUT2D eigenvalue weighted by molar-refractivity contribution is 7.92. The Hall–Kier alpha value is -0.740. The maximum atomic E-state index is 11.8. The average molecular weight is 233 g/mol. The zero-order valence-electron chi connectivity index (χ0n) is 7.27. The molecule has 0 spiro atoms. The van der Waals surface area contributed by atoms with Gasteiger partial charge in [-0.05, 0) is 31.0 Å². The first-order valence-electron chi connectivity index (χ1n) is 4.24. The summed E-state index contributed by atoms with van der Waals surface area (Å²) in [6.07, 6.45) is 1.42. The molecule has 1 aromatic rings. The second-order valence-corrected chi connectivity index (χ2v) is 5.96. The van der Waals surface area contributed by atoms with Crippen LogP contribution in [-0.2, 0) is 9.84 Å². The summed E-state index contributed by atoms with van der Waals surface area (Å²) in [5.41, 5.74) is 0. The van der Waals surface area contributed by atoms with E-state index in [0.717, 1.165) is 0 Å². The van der Waals surface area contributed by atoms with E-state index in [1.165, 1.54) is 18.2 Å². The second-order valence-electron chi connectivity index (χ2n) is 3.36. The number of benzene rings is 1. The largest absolute Gasteiger partial charge is 0.508 e. The summed E-state index contributed by atoms with van der Waals surface area (Å²) in [7, 11) is -3.26. The normalized spacial score (nSPS) is 16.9. The number of aromatic hydroxyl groups is 1. The predicted molar refractivity (Wildman–Crippen MR) is 53.3 cm³/mol. The molecule has 3 nitrogen and oxygen atoms in total. The molecule has 0 atom stereocenters. The van der Waals surface area contributed by atoms with Gasteiger partial charge in [0.1, 0.15) is 5.75 Å². The first-order valence-corrected chi connectivity index (χ1v) is 6.16. The predicted octanol–water partition coefficient (Wildman–Crippen LogP) is 1.98. The number of halogens is 1. The van der Waals surface area contributed by atoms with Crippen molar-refractivity contribution in [3.8, 4) is 5.75 Å². The first kappa shape index (κ1) is 9.80. The minimum Gasteiger partial charge on any atom is -0.508 e.